The number of aromatic nitrogens is 2. The van der Waals surface area contributed by atoms with Crippen LogP contribution in [-0.4, -0.2) is 22.4 Å². The van der Waals surface area contributed by atoms with Gasteiger partial charge in [-0.1, -0.05) is 60.6 Å². The smallest absolute Gasteiger partial charge is 0.279 e. The second-order valence-corrected chi connectivity index (χ2v) is 8.07. The molecule has 3 aromatic carbocycles. The number of nitrogens with zero attached hydrogens (tertiary/aromatic N) is 1. The molecule has 1 N–H and O–H groups in total. The van der Waals surface area contributed by atoms with Crippen LogP contribution in [0.4, 0.5) is 0 Å². The Labute approximate surface area is 206 Å². The Hall–Kier alpha value is -4.23. The van der Waals surface area contributed by atoms with Crippen LogP contribution in [0.2, 0.25) is 5.02 Å². The van der Waals surface area contributed by atoms with Gasteiger partial charge in [-0.2, -0.15) is 0 Å². The highest BCUT2D eigenvalue weighted by Crippen LogP contribution is 2.37. The van der Waals surface area contributed by atoms with Gasteiger partial charge in [0.2, 0.25) is 0 Å². The molecule has 0 fully saturated rings. The third-order valence-corrected chi connectivity index (χ3v) is 5.49. The molecule has 1 aromatic heterocycles. The Morgan fingerprint density at radius 3 is 2.60 bits per heavy atom. The lowest BCUT2D eigenvalue weighted by atomic mass is 10.1. The Balaban J connectivity index is 1.73. The number of carbonyl (C=O) groups excluding carboxylic acids is 1. The first-order valence-electron chi connectivity index (χ1n) is 10.8. The van der Waals surface area contributed by atoms with Crippen LogP contribution in [0.1, 0.15) is 28.4 Å². The summed E-state index contributed by atoms with van der Waals surface area (Å²) in [6.07, 6.45) is 1.63. The molecule has 0 saturated carbocycles. The lowest BCUT2D eigenvalue weighted by Crippen LogP contribution is -2.34. The molecular formula is C27H22ClN2O5-. The van der Waals surface area contributed by atoms with Gasteiger partial charge in [-0.05, 0) is 54.0 Å². The maximum atomic E-state index is 13.1. The van der Waals surface area contributed by atoms with Gasteiger partial charge in [-0.15, -0.1) is 0 Å². The topological polar surface area (TPSA) is 96.4 Å². The first-order valence-corrected chi connectivity index (χ1v) is 11.2. The average Bonchev–Trinajstić information content (AvgIpc) is 3.13. The fourth-order valence-electron chi connectivity index (χ4n) is 3.57. The van der Waals surface area contributed by atoms with Crippen LogP contribution in [0, 0.1) is 0 Å². The number of halogens is 1. The number of H-pyrrole nitrogens is 1. The van der Waals surface area contributed by atoms with E-state index in [0.29, 0.717) is 51.6 Å². The van der Waals surface area contributed by atoms with Crippen molar-refractivity contribution < 1.29 is 19.4 Å². The maximum absolute atomic E-state index is 13.1. The molecule has 0 spiro atoms. The fraction of sp³-hybridized carbons (Fsp3) is 0.111. The van der Waals surface area contributed by atoms with Gasteiger partial charge < -0.3 is 19.4 Å². The molecule has 7 nitrogen and oxygen atoms in total. The van der Waals surface area contributed by atoms with E-state index < -0.39 is 11.5 Å². The molecule has 0 atom stereocenters. The van der Waals surface area contributed by atoms with E-state index in [9.17, 15) is 14.7 Å². The summed E-state index contributed by atoms with van der Waals surface area (Å²) in [6, 6.07) is 19.0. The summed E-state index contributed by atoms with van der Waals surface area (Å²) in [5.74, 6) is -0.471. The Morgan fingerprint density at radius 1 is 1.11 bits per heavy atom. The summed E-state index contributed by atoms with van der Waals surface area (Å²) in [4.78, 5) is 24.3. The minimum Gasteiger partial charge on any atom is -0.545 e. The van der Waals surface area contributed by atoms with Crippen molar-refractivity contribution in [2.75, 3.05) is 6.61 Å². The third kappa shape index (κ3) is 5.31. The van der Waals surface area contributed by atoms with E-state index in [1.807, 2.05) is 37.3 Å². The summed E-state index contributed by atoms with van der Waals surface area (Å²) in [7, 11) is 0. The predicted molar refractivity (Wildman–Crippen MR) is 132 cm³/mol. The van der Waals surface area contributed by atoms with E-state index in [0.717, 1.165) is 5.56 Å². The monoisotopic (exact) mass is 489 g/mol. The number of hydrogen-bond donors (Lipinski definition) is 1. The number of rotatable bonds is 8. The third-order valence-electron chi connectivity index (χ3n) is 5.21. The van der Waals surface area contributed by atoms with Gasteiger partial charge in [0.25, 0.3) is 5.56 Å². The Morgan fingerprint density at radius 2 is 1.89 bits per heavy atom. The number of carbonyl (C=O) groups is 1. The molecule has 178 valence electrons. The standard InChI is InChI=1S/C27H23ClN2O5/c1-3-34-24-14-19(13-23(28)25(24)35-16-18-8-5-4-6-9-18)12-22-17(2)29-30(26(22)31)21-11-7-10-20(15-21)27(32)33/h4-15,29H,2-3,16H2,1H3,(H,32,33)/p-1/b22-12-. The summed E-state index contributed by atoms with van der Waals surface area (Å²) in [5, 5.41) is 15.1. The number of ether oxygens (including phenoxy) is 2. The van der Waals surface area contributed by atoms with Gasteiger partial charge in [-0.25, -0.2) is 4.68 Å². The molecule has 0 aliphatic rings. The highest BCUT2D eigenvalue weighted by Gasteiger charge is 2.13. The van der Waals surface area contributed by atoms with Crippen molar-refractivity contribution in [2.45, 2.75) is 13.5 Å². The minimum absolute atomic E-state index is 0.0422. The SMILES string of the molecule is C=c1[nH]n(-c2cccc(C(=O)[O-])c2)c(=O)/c1=C\c1cc(Cl)c(OCc2ccccc2)c(OCC)c1. The van der Waals surface area contributed by atoms with Crippen LogP contribution in [0.3, 0.4) is 0 Å². The molecule has 0 bridgehead atoms. The van der Waals surface area contributed by atoms with Gasteiger partial charge in [0.05, 0.1) is 33.9 Å². The molecular weight excluding hydrogens is 468 g/mol. The summed E-state index contributed by atoms with van der Waals surface area (Å²) >= 11 is 6.54. The average molecular weight is 490 g/mol. The molecule has 0 aliphatic heterocycles. The number of aromatic carboxylic acids is 1. The van der Waals surface area contributed by atoms with Crippen molar-refractivity contribution >= 4 is 30.2 Å². The van der Waals surface area contributed by atoms with Crippen molar-refractivity contribution in [3.63, 3.8) is 0 Å². The molecule has 0 amide bonds. The van der Waals surface area contributed by atoms with Gasteiger partial charge in [0.15, 0.2) is 11.5 Å². The minimum atomic E-state index is -1.33. The summed E-state index contributed by atoms with van der Waals surface area (Å²) < 4.78 is 12.9. The number of benzene rings is 3. The number of carboxylic acids is 1. The van der Waals surface area contributed by atoms with Gasteiger partial charge in [0.1, 0.15) is 6.61 Å². The van der Waals surface area contributed by atoms with Crippen molar-refractivity contribution in [2.24, 2.45) is 0 Å². The highest BCUT2D eigenvalue weighted by molar-refractivity contribution is 6.32. The number of hydrogen-bond acceptors (Lipinski definition) is 5. The molecule has 1 heterocycles. The van der Waals surface area contributed by atoms with E-state index in [1.165, 1.54) is 22.9 Å². The molecule has 8 heteroatoms. The van der Waals surface area contributed by atoms with Crippen molar-refractivity contribution in [1.82, 2.24) is 9.78 Å². The van der Waals surface area contributed by atoms with E-state index in [-0.39, 0.29) is 5.56 Å². The van der Waals surface area contributed by atoms with E-state index in [2.05, 4.69) is 11.7 Å². The van der Waals surface area contributed by atoms with E-state index >= 15 is 0 Å². The highest BCUT2D eigenvalue weighted by atomic mass is 35.5. The zero-order valence-electron chi connectivity index (χ0n) is 18.9. The zero-order chi connectivity index (χ0) is 24.9. The lowest BCUT2D eigenvalue weighted by Gasteiger charge is -2.14. The van der Waals surface area contributed by atoms with Gasteiger partial charge in [0, 0.05) is 0 Å². The number of aromatic amines is 1. The van der Waals surface area contributed by atoms with E-state index in [4.69, 9.17) is 21.1 Å². The molecule has 0 radical (unpaired) electrons. The first kappa shape index (κ1) is 23.9. The Bertz CT molecular complexity index is 1540. The van der Waals surface area contributed by atoms with Crippen LogP contribution in [0.25, 0.3) is 18.3 Å². The van der Waals surface area contributed by atoms with Gasteiger partial charge >= 0.3 is 0 Å². The molecule has 0 saturated heterocycles. The summed E-state index contributed by atoms with van der Waals surface area (Å²) in [6.45, 7) is 6.49. The molecule has 0 aliphatic carbocycles. The molecule has 35 heavy (non-hydrogen) atoms. The lowest BCUT2D eigenvalue weighted by molar-refractivity contribution is -0.255. The van der Waals surface area contributed by atoms with E-state index in [1.54, 1.807) is 24.3 Å². The summed E-state index contributed by atoms with van der Waals surface area (Å²) in [5.41, 5.74) is 1.50. The quantitative estimate of drug-likeness (QED) is 0.410. The largest absolute Gasteiger partial charge is 0.545 e. The number of nitrogens with one attached hydrogen (secondary N) is 1. The molecule has 4 rings (SSSR count). The second-order valence-electron chi connectivity index (χ2n) is 7.66. The van der Waals surface area contributed by atoms with Crippen LogP contribution >= 0.6 is 11.6 Å². The van der Waals surface area contributed by atoms with Crippen molar-refractivity contribution in [3.05, 3.63) is 109 Å². The molecule has 0 unspecified atom stereocenters. The fourth-order valence-corrected chi connectivity index (χ4v) is 3.84. The van der Waals surface area contributed by atoms with Gasteiger partial charge in [-0.3, -0.25) is 9.89 Å². The van der Waals surface area contributed by atoms with Crippen LogP contribution < -0.4 is 30.7 Å². The van der Waals surface area contributed by atoms with Crippen LogP contribution in [0.5, 0.6) is 11.5 Å². The molecule has 4 aromatic rings. The second kappa shape index (κ2) is 10.4. The van der Waals surface area contributed by atoms with Crippen LogP contribution in [0.15, 0.2) is 71.5 Å². The normalized spacial score (nSPS) is 11.4. The van der Waals surface area contributed by atoms with Crippen LogP contribution in [-0.2, 0) is 6.61 Å². The van der Waals surface area contributed by atoms with Crippen molar-refractivity contribution in [3.8, 4) is 17.2 Å². The predicted octanol–water partition coefficient (Wildman–Crippen LogP) is 2.40. The zero-order valence-corrected chi connectivity index (χ0v) is 19.7. The first-order chi connectivity index (χ1) is 16.9. The maximum Gasteiger partial charge on any atom is 0.279 e. The van der Waals surface area contributed by atoms with Crippen molar-refractivity contribution in [1.29, 1.82) is 0 Å². The number of carboxylic acid groups (broad SMARTS) is 1. The Kier molecular flexibility index (Phi) is 7.08.